The quantitative estimate of drug-likeness (QED) is 0.840. The minimum atomic E-state index is 0.333. The number of aromatic hydroxyl groups is 1. The van der Waals surface area contributed by atoms with Crippen molar-refractivity contribution in [1.82, 2.24) is 0 Å². The first kappa shape index (κ1) is 12.0. The maximum atomic E-state index is 9.50. The molecule has 0 aliphatic heterocycles. The van der Waals surface area contributed by atoms with Crippen molar-refractivity contribution in [2.24, 2.45) is 0 Å². The van der Waals surface area contributed by atoms with Gasteiger partial charge in [-0.2, -0.15) is 0 Å². The SMILES string of the molecule is Cc1cc(O)cc(C)c1Cc1ccc(Cl)cc1. The van der Waals surface area contributed by atoms with Crippen LogP contribution in [0.15, 0.2) is 36.4 Å². The largest absolute Gasteiger partial charge is 0.508 e. The van der Waals surface area contributed by atoms with E-state index < -0.39 is 0 Å². The molecule has 0 amide bonds. The summed E-state index contributed by atoms with van der Waals surface area (Å²) in [6.07, 6.45) is 0.870. The standard InChI is InChI=1S/C15H15ClO/c1-10-7-14(17)8-11(2)15(10)9-12-3-5-13(16)6-4-12/h3-8,17H,9H2,1-2H3. The highest BCUT2D eigenvalue weighted by Gasteiger charge is 2.05. The first-order valence-electron chi connectivity index (χ1n) is 5.60. The second kappa shape index (κ2) is 4.80. The van der Waals surface area contributed by atoms with E-state index >= 15 is 0 Å². The van der Waals surface area contributed by atoms with Crippen LogP contribution < -0.4 is 0 Å². The number of phenolic OH excluding ortho intramolecular Hbond substituents is 1. The molecule has 1 N–H and O–H groups in total. The molecule has 0 bridgehead atoms. The van der Waals surface area contributed by atoms with Gasteiger partial charge in [0.2, 0.25) is 0 Å². The van der Waals surface area contributed by atoms with E-state index in [1.165, 1.54) is 11.1 Å². The highest BCUT2D eigenvalue weighted by atomic mass is 35.5. The first-order valence-corrected chi connectivity index (χ1v) is 5.97. The van der Waals surface area contributed by atoms with Crippen LogP contribution in [-0.4, -0.2) is 5.11 Å². The smallest absolute Gasteiger partial charge is 0.116 e. The van der Waals surface area contributed by atoms with Gasteiger partial charge in [0.25, 0.3) is 0 Å². The van der Waals surface area contributed by atoms with E-state index in [4.69, 9.17) is 11.6 Å². The van der Waals surface area contributed by atoms with Crippen molar-refractivity contribution >= 4 is 11.6 Å². The van der Waals surface area contributed by atoms with Crippen LogP contribution in [0.5, 0.6) is 5.75 Å². The predicted molar refractivity (Wildman–Crippen MR) is 71.8 cm³/mol. The number of rotatable bonds is 2. The molecule has 17 heavy (non-hydrogen) atoms. The number of aryl methyl sites for hydroxylation is 2. The van der Waals surface area contributed by atoms with Gasteiger partial charge < -0.3 is 5.11 Å². The van der Waals surface area contributed by atoms with Crippen LogP contribution in [0.3, 0.4) is 0 Å². The van der Waals surface area contributed by atoms with Crippen molar-refractivity contribution in [3.63, 3.8) is 0 Å². The Balaban J connectivity index is 2.33. The highest BCUT2D eigenvalue weighted by molar-refractivity contribution is 6.30. The average molecular weight is 247 g/mol. The van der Waals surface area contributed by atoms with Crippen LogP contribution >= 0.6 is 11.6 Å². The number of hydrogen-bond acceptors (Lipinski definition) is 1. The van der Waals surface area contributed by atoms with E-state index in [9.17, 15) is 5.11 Å². The van der Waals surface area contributed by atoms with Gasteiger partial charge in [-0.3, -0.25) is 0 Å². The molecule has 88 valence electrons. The molecule has 0 aliphatic carbocycles. The van der Waals surface area contributed by atoms with Gasteiger partial charge in [0.1, 0.15) is 5.75 Å². The molecule has 0 aliphatic rings. The first-order chi connectivity index (χ1) is 8.06. The Kier molecular flexibility index (Phi) is 3.39. The fourth-order valence-electron chi connectivity index (χ4n) is 2.06. The van der Waals surface area contributed by atoms with E-state index in [0.29, 0.717) is 5.75 Å². The van der Waals surface area contributed by atoms with E-state index in [2.05, 4.69) is 0 Å². The summed E-state index contributed by atoms with van der Waals surface area (Å²) in [5, 5.41) is 10.3. The molecule has 0 fully saturated rings. The summed E-state index contributed by atoms with van der Waals surface area (Å²) in [6.45, 7) is 4.05. The molecule has 0 aromatic heterocycles. The third-order valence-corrected chi connectivity index (χ3v) is 3.23. The average Bonchev–Trinajstić information content (AvgIpc) is 2.26. The van der Waals surface area contributed by atoms with Crippen molar-refractivity contribution in [3.05, 3.63) is 63.7 Å². The van der Waals surface area contributed by atoms with E-state index in [-0.39, 0.29) is 0 Å². The maximum Gasteiger partial charge on any atom is 0.116 e. The second-order valence-corrected chi connectivity index (χ2v) is 4.80. The molecular weight excluding hydrogens is 232 g/mol. The van der Waals surface area contributed by atoms with Crippen LogP contribution in [0.2, 0.25) is 5.02 Å². The molecule has 0 saturated carbocycles. The normalized spacial score (nSPS) is 10.5. The Bertz CT molecular complexity index is 506. The van der Waals surface area contributed by atoms with Gasteiger partial charge in [0.15, 0.2) is 0 Å². The Morgan fingerprint density at radius 2 is 1.53 bits per heavy atom. The van der Waals surface area contributed by atoms with Crippen LogP contribution in [-0.2, 0) is 6.42 Å². The third kappa shape index (κ3) is 2.80. The summed E-state index contributed by atoms with van der Waals surface area (Å²) in [6, 6.07) is 11.5. The summed E-state index contributed by atoms with van der Waals surface area (Å²) in [5.41, 5.74) is 4.74. The molecule has 2 aromatic rings. The Morgan fingerprint density at radius 3 is 2.06 bits per heavy atom. The van der Waals surface area contributed by atoms with Crippen LogP contribution in [0.25, 0.3) is 0 Å². The second-order valence-electron chi connectivity index (χ2n) is 4.36. The fraction of sp³-hybridized carbons (Fsp3) is 0.200. The number of hydrogen-bond donors (Lipinski definition) is 1. The topological polar surface area (TPSA) is 20.2 Å². The summed E-state index contributed by atoms with van der Waals surface area (Å²) in [5.74, 6) is 0.333. The lowest BCUT2D eigenvalue weighted by Gasteiger charge is -2.10. The van der Waals surface area contributed by atoms with Crippen LogP contribution in [0.1, 0.15) is 22.3 Å². The van der Waals surface area contributed by atoms with Crippen LogP contribution in [0, 0.1) is 13.8 Å². The molecule has 2 rings (SSSR count). The lowest BCUT2D eigenvalue weighted by Crippen LogP contribution is -1.95. The zero-order chi connectivity index (χ0) is 12.4. The number of phenols is 1. The van der Waals surface area contributed by atoms with Crippen molar-refractivity contribution < 1.29 is 5.11 Å². The molecule has 0 saturated heterocycles. The van der Waals surface area contributed by atoms with Gasteiger partial charge in [-0.25, -0.2) is 0 Å². The molecule has 0 atom stereocenters. The Morgan fingerprint density at radius 1 is 1.00 bits per heavy atom. The van der Waals surface area contributed by atoms with Crippen molar-refractivity contribution in [3.8, 4) is 5.75 Å². The molecular formula is C15H15ClO. The van der Waals surface area contributed by atoms with Gasteiger partial charge in [-0.15, -0.1) is 0 Å². The maximum absolute atomic E-state index is 9.50. The monoisotopic (exact) mass is 246 g/mol. The number of halogens is 1. The summed E-state index contributed by atoms with van der Waals surface area (Å²) in [4.78, 5) is 0. The highest BCUT2D eigenvalue weighted by Crippen LogP contribution is 2.23. The Hall–Kier alpha value is -1.47. The van der Waals surface area contributed by atoms with Gasteiger partial charge in [0.05, 0.1) is 0 Å². The predicted octanol–water partition coefficient (Wildman–Crippen LogP) is 4.25. The summed E-state index contributed by atoms with van der Waals surface area (Å²) >= 11 is 5.86. The van der Waals surface area contributed by atoms with Crippen molar-refractivity contribution in [1.29, 1.82) is 0 Å². The molecule has 0 unspecified atom stereocenters. The summed E-state index contributed by atoms with van der Waals surface area (Å²) < 4.78 is 0. The van der Waals surface area contributed by atoms with Crippen LogP contribution in [0.4, 0.5) is 0 Å². The number of benzene rings is 2. The van der Waals surface area contributed by atoms with Gasteiger partial charge in [-0.1, -0.05) is 23.7 Å². The van der Waals surface area contributed by atoms with E-state index in [1.54, 1.807) is 12.1 Å². The fourth-order valence-corrected chi connectivity index (χ4v) is 2.18. The Labute approximate surface area is 107 Å². The molecule has 0 radical (unpaired) electrons. The molecule has 0 spiro atoms. The van der Waals surface area contributed by atoms with Crippen molar-refractivity contribution in [2.75, 3.05) is 0 Å². The van der Waals surface area contributed by atoms with E-state index in [0.717, 1.165) is 22.6 Å². The van der Waals surface area contributed by atoms with Gasteiger partial charge in [0, 0.05) is 5.02 Å². The third-order valence-electron chi connectivity index (χ3n) is 2.97. The van der Waals surface area contributed by atoms with Crippen molar-refractivity contribution in [2.45, 2.75) is 20.3 Å². The van der Waals surface area contributed by atoms with Gasteiger partial charge in [-0.05, 0) is 66.8 Å². The minimum absolute atomic E-state index is 0.333. The molecule has 0 heterocycles. The zero-order valence-corrected chi connectivity index (χ0v) is 10.8. The van der Waals surface area contributed by atoms with Gasteiger partial charge >= 0.3 is 0 Å². The lowest BCUT2D eigenvalue weighted by atomic mass is 9.96. The minimum Gasteiger partial charge on any atom is -0.508 e. The zero-order valence-electron chi connectivity index (χ0n) is 10.00. The summed E-state index contributed by atoms with van der Waals surface area (Å²) in [7, 11) is 0. The molecule has 1 nitrogen and oxygen atoms in total. The molecule has 2 aromatic carbocycles. The lowest BCUT2D eigenvalue weighted by molar-refractivity contribution is 0.474. The molecule has 2 heteroatoms. The van der Waals surface area contributed by atoms with E-state index in [1.807, 2.05) is 38.1 Å².